The van der Waals surface area contributed by atoms with E-state index in [1.165, 1.54) is 38.8 Å². The third-order valence-corrected chi connectivity index (χ3v) is 11.1. The number of fused-ring (bicyclic) bond motifs is 1. The Kier molecular flexibility index (Phi) is 7.54. The van der Waals surface area contributed by atoms with E-state index in [4.69, 9.17) is 21.3 Å². The van der Waals surface area contributed by atoms with Gasteiger partial charge in [0, 0.05) is 6.20 Å². The van der Waals surface area contributed by atoms with E-state index < -0.39 is 7.26 Å². The van der Waals surface area contributed by atoms with E-state index in [-0.39, 0.29) is 28.3 Å². The summed E-state index contributed by atoms with van der Waals surface area (Å²) in [6.07, 6.45) is 2.15. The molecule has 0 aliphatic carbocycles. The normalized spacial score (nSPS) is 11.2. The molecule has 0 bridgehead atoms. The van der Waals surface area contributed by atoms with Crippen LogP contribution in [0.4, 0.5) is 0 Å². The molecule has 0 spiro atoms. The standard InChI is InChI=1S/C26H21ClN2O2PS.BrH/c1-31-24-22(28-26-29(25(24)30)17-23(27)33-26)18-32(19-11-5-2-6-12-19,20-13-7-3-8-14-20)21-15-9-4-10-16-21;/h2-17H,18H2,1H3;1H/q+1;/p-1. The zero-order valence-electron chi connectivity index (χ0n) is 18.3. The molecule has 0 radical (unpaired) electrons. The van der Waals surface area contributed by atoms with E-state index in [1.54, 1.807) is 6.20 Å². The average Bonchev–Trinajstić information content (AvgIpc) is 3.25. The van der Waals surface area contributed by atoms with E-state index in [9.17, 15) is 4.79 Å². The number of rotatable bonds is 6. The van der Waals surface area contributed by atoms with E-state index in [0.717, 1.165) is 0 Å². The highest BCUT2D eigenvalue weighted by atomic mass is 79.9. The maximum Gasteiger partial charge on any atom is 0.301 e. The van der Waals surface area contributed by atoms with Gasteiger partial charge in [-0.2, -0.15) is 0 Å². The van der Waals surface area contributed by atoms with Gasteiger partial charge in [-0.15, -0.1) is 0 Å². The van der Waals surface area contributed by atoms with Crippen molar-refractivity contribution in [2.45, 2.75) is 6.16 Å². The number of benzene rings is 3. The maximum absolute atomic E-state index is 13.2. The van der Waals surface area contributed by atoms with Crippen LogP contribution in [0.25, 0.3) is 4.96 Å². The van der Waals surface area contributed by atoms with Crippen molar-refractivity contribution in [3.05, 3.63) is 118 Å². The van der Waals surface area contributed by atoms with Crippen LogP contribution in [-0.4, -0.2) is 16.5 Å². The Morgan fingerprint density at radius 3 is 1.79 bits per heavy atom. The number of ether oxygens (including phenoxy) is 1. The van der Waals surface area contributed by atoms with Gasteiger partial charge in [0.15, 0.2) is 4.96 Å². The lowest BCUT2D eigenvalue weighted by Crippen LogP contribution is -3.00. The van der Waals surface area contributed by atoms with Crippen LogP contribution in [-0.2, 0) is 6.16 Å². The maximum atomic E-state index is 13.2. The van der Waals surface area contributed by atoms with Crippen molar-refractivity contribution in [3.8, 4) is 5.75 Å². The fraction of sp³-hybridized carbons (Fsp3) is 0.0769. The van der Waals surface area contributed by atoms with E-state index >= 15 is 0 Å². The predicted molar refractivity (Wildman–Crippen MR) is 140 cm³/mol. The SMILES string of the molecule is COc1c(C[P+](c2ccccc2)(c2ccccc2)c2ccccc2)nc2sc(Cl)cn2c1=O.[Br-]. The molecule has 2 heterocycles. The molecule has 0 saturated heterocycles. The summed E-state index contributed by atoms with van der Waals surface area (Å²) in [5.41, 5.74) is 0.402. The number of halogens is 2. The molecule has 2 aromatic heterocycles. The van der Waals surface area contributed by atoms with E-state index in [2.05, 4.69) is 72.8 Å². The van der Waals surface area contributed by atoms with Crippen LogP contribution in [0.1, 0.15) is 5.69 Å². The molecule has 0 aliphatic rings. The van der Waals surface area contributed by atoms with Crippen molar-refractivity contribution in [1.29, 1.82) is 0 Å². The van der Waals surface area contributed by atoms with Crippen LogP contribution in [0.3, 0.4) is 0 Å². The van der Waals surface area contributed by atoms with E-state index in [1.807, 2.05) is 18.2 Å². The Labute approximate surface area is 217 Å². The zero-order chi connectivity index (χ0) is 22.8. The molecule has 0 fully saturated rings. The van der Waals surface area contributed by atoms with E-state index in [0.29, 0.717) is 21.2 Å². The second-order valence-corrected chi connectivity index (χ2v) is 12.7. The monoisotopic (exact) mass is 570 g/mol. The quantitative estimate of drug-likeness (QED) is 0.293. The van der Waals surface area contributed by atoms with Crippen molar-refractivity contribution in [2.24, 2.45) is 0 Å². The van der Waals surface area contributed by atoms with Crippen LogP contribution >= 0.6 is 30.2 Å². The van der Waals surface area contributed by atoms with Gasteiger partial charge in [-0.3, -0.25) is 9.20 Å². The summed E-state index contributed by atoms with van der Waals surface area (Å²) in [5.74, 6) is 0.258. The first-order valence-corrected chi connectivity index (χ1v) is 13.6. The molecule has 0 aliphatic heterocycles. The summed E-state index contributed by atoms with van der Waals surface area (Å²) in [7, 11) is -0.702. The topological polar surface area (TPSA) is 43.6 Å². The smallest absolute Gasteiger partial charge is 0.301 e. The summed E-state index contributed by atoms with van der Waals surface area (Å²) in [4.78, 5) is 18.7. The Balaban J connectivity index is 0.00000274. The Hall–Kier alpha value is -2.50. The van der Waals surface area contributed by atoms with Gasteiger partial charge in [0.25, 0.3) is 0 Å². The second kappa shape index (κ2) is 10.4. The first-order chi connectivity index (χ1) is 16.1. The molecule has 0 atom stereocenters. The number of nitrogens with zero attached hydrogens (tertiary/aromatic N) is 2. The fourth-order valence-electron chi connectivity index (χ4n) is 4.25. The predicted octanol–water partition coefficient (Wildman–Crippen LogP) is 1.92. The van der Waals surface area contributed by atoms with Crippen LogP contribution in [0.2, 0.25) is 4.34 Å². The summed E-state index contributed by atoms with van der Waals surface area (Å²) in [6.45, 7) is 0. The molecule has 4 nitrogen and oxygen atoms in total. The molecule has 0 saturated carbocycles. The van der Waals surface area contributed by atoms with Crippen molar-refractivity contribution >= 4 is 51.1 Å². The Morgan fingerprint density at radius 1 is 0.882 bits per heavy atom. The highest BCUT2D eigenvalue weighted by molar-refractivity contribution is 7.95. The van der Waals surface area contributed by atoms with Gasteiger partial charge in [0.05, 0.1) is 7.11 Å². The van der Waals surface area contributed by atoms with Gasteiger partial charge in [-0.1, -0.05) is 77.5 Å². The van der Waals surface area contributed by atoms with Crippen molar-refractivity contribution in [1.82, 2.24) is 9.38 Å². The second-order valence-electron chi connectivity index (χ2n) is 7.56. The molecule has 172 valence electrons. The summed E-state index contributed by atoms with van der Waals surface area (Å²) < 4.78 is 7.60. The van der Waals surface area contributed by atoms with Gasteiger partial charge in [-0.05, 0) is 36.4 Å². The molecule has 0 unspecified atom stereocenters. The lowest BCUT2D eigenvalue weighted by molar-refractivity contribution is -0.00000666. The lowest BCUT2D eigenvalue weighted by atomic mass is 10.3. The molecule has 0 amide bonds. The molecule has 5 rings (SSSR count). The third-order valence-electron chi connectivity index (χ3n) is 5.71. The first-order valence-electron chi connectivity index (χ1n) is 10.4. The summed E-state index contributed by atoms with van der Waals surface area (Å²) in [5, 5.41) is 3.65. The molecule has 3 aromatic carbocycles. The molecule has 34 heavy (non-hydrogen) atoms. The zero-order valence-corrected chi connectivity index (χ0v) is 22.3. The fourth-order valence-corrected chi connectivity index (χ4v) is 9.42. The molecular formula is C26H21BrClN2O2PS. The minimum atomic E-state index is -2.23. The molecule has 0 N–H and O–H groups in total. The first kappa shape index (κ1) is 24.6. The van der Waals surface area contributed by atoms with Gasteiger partial charge in [0.1, 0.15) is 39.4 Å². The van der Waals surface area contributed by atoms with Gasteiger partial charge >= 0.3 is 5.56 Å². The number of thiazole rings is 1. The number of aromatic nitrogens is 2. The van der Waals surface area contributed by atoms with Crippen LogP contribution in [0, 0.1) is 0 Å². The number of hydrogen-bond acceptors (Lipinski definition) is 4. The highest BCUT2D eigenvalue weighted by Gasteiger charge is 2.47. The minimum Gasteiger partial charge on any atom is -1.00 e. The average molecular weight is 572 g/mol. The van der Waals surface area contributed by atoms with Gasteiger partial charge < -0.3 is 21.7 Å². The summed E-state index contributed by atoms with van der Waals surface area (Å²) in [6, 6.07) is 31.5. The Bertz CT molecular complexity index is 1360. The summed E-state index contributed by atoms with van der Waals surface area (Å²) >= 11 is 7.50. The molecule has 8 heteroatoms. The molecule has 5 aromatic rings. The van der Waals surface area contributed by atoms with Crippen molar-refractivity contribution in [3.63, 3.8) is 0 Å². The van der Waals surface area contributed by atoms with Gasteiger partial charge in [-0.25, -0.2) is 4.98 Å². The Morgan fingerprint density at radius 2 is 1.35 bits per heavy atom. The van der Waals surface area contributed by atoms with Crippen molar-refractivity contribution in [2.75, 3.05) is 7.11 Å². The van der Waals surface area contributed by atoms with Crippen LogP contribution in [0.15, 0.2) is 102 Å². The lowest BCUT2D eigenvalue weighted by Gasteiger charge is -2.27. The minimum absolute atomic E-state index is 0. The third kappa shape index (κ3) is 4.32. The van der Waals surface area contributed by atoms with Crippen molar-refractivity contribution < 1.29 is 21.7 Å². The van der Waals surface area contributed by atoms with Gasteiger partial charge in [0.2, 0.25) is 5.75 Å². The molecular weight excluding hydrogens is 551 g/mol. The van der Waals surface area contributed by atoms with Crippen LogP contribution < -0.4 is 43.2 Å². The van der Waals surface area contributed by atoms with Crippen LogP contribution in [0.5, 0.6) is 5.75 Å². The number of methoxy groups -OCH3 is 1. The highest BCUT2D eigenvalue weighted by Crippen LogP contribution is 2.58. The largest absolute Gasteiger partial charge is 1.00 e. The number of hydrogen-bond donors (Lipinski definition) is 0.